The molecule has 2 aliphatic heterocycles. The van der Waals surface area contributed by atoms with E-state index < -0.39 is 0 Å². The van der Waals surface area contributed by atoms with Crippen molar-refractivity contribution in [3.63, 3.8) is 0 Å². The molecule has 4 nitrogen and oxygen atoms in total. The second-order valence-corrected chi connectivity index (χ2v) is 7.97. The summed E-state index contributed by atoms with van der Waals surface area (Å²) in [5.41, 5.74) is 0. The predicted molar refractivity (Wildman–Crippen MR) is 88.1 cm³/mol. The van der Waals surface area contributed by atoms with Crippen molar-refractivity contribution in [3.8, 4) is 0 Å². The molecule has 4 unspecified atom stereocenters. The van der Waals surface area contributed by atoms with E-state index in [1.54, 1.807) is 0 Å². The molecule has 4 atom stereocenters. The molecular weight excluding hydrogens is 290 g/mol. The maximum atomic E-state index is 12.8. The molecule has 0 aromatic carbocycles. The summed E-state index contributed by atoms with van der Waals surface area (Å²) in [5.74, 6) is 2.08. The first-order chi connectivity index (χ1) is 11.3. The molecule has 0 spiro atoms. The molecule has 2 saturated carbocycles. The lowest BCUT2D eigenvalue weighted by molar-refractivity contribution is -0.198. The molecule has 0 aromatic heterocycles. The summed E-state index contributed by atoms with van der Waals surface area (Å²) in [4.78, 5) is 15.1. The van der Waals surface area contributed by atoms with Crippen LogP contribution in [0, 0.1) is 17.8 Å². The van der Waals surface area contributed by atoms with Gasteiger partial charge in [0.15, 0.2) is 0 Å². The van der Waals surface area contributed by atoms with Crippen LogP contribution in [0.1, 0.15) is 57.8 Å². The second kappa shape index (κ2) is 7.20. The molecule has 4 heteroatoms. The van der Waals surface area contributed by atoms with Crippen LogP contribution < -0.4 is 0 Å². The third-order valence-corrected chi connectivity index (χ3v) is 6.68. The lowest BCUT2D eigenvalue weighted by Crippen LogP contribution is -2.56. The average molecular weight is 321 g/mol. The minimum Gasteiger partial charge on any atom is -0.379 e. The van der Waals surface area contributed by atoms with Crippen LogP contribution in [0.25, 0.3) is 0 Å². The van der Waals surface area contributed by atoms with Gasteiger partial charge in [0.2, 0.25) is 0 Å². The molecule has 0 radical (unpaired) electrons. The van der Waals surface area contributed by atoms with Crippen molar-refractivity contribution in [2.45, 2.75) is 70.1 Å². The lowest BCUT2D eigenvalue weighted by Gasteiger charge is -2.48. The van der Waals surface area contributed by atoms with Gasteiger partial charge in [-0.1, -0.05) is 38.5 Å². The lowest BCUT2D eigenvalue weighted by atomic mass is 9.66. The third-order valence-electron chi connectivity index (χ3n) is 6.68. The maximum absolute atomic E-state index is 12.8. The molecule has 0 N–H and O–H groups in total. The minimum atomic E-state index is 0.0110. The first-order valence-corrected chi connectivity index (χ1v) is 9.83. The molecule has 4 rings (SSSR count). The number of fused-ring (bicyclic) bond motifs is 1. The van der Waals surface area contributed by atoms with Crippen LogP contribution in [-0.4, -0.2) is 49.3 Å². The highest BCUT2D eigenvalue weighted by Gasteiger charge is 2.47. The monoisotopic (exact) mass is 321 g/mol. The van der Waals surface area contributed by atoms with Gasteiger partial charge in [-0.15, -0.1) is 0 Å². The number of nitrogens with zero attached hydrogens (tertiary/aromatic N) is 1. The molecule has 4 aliphatic rings. The van der Waals surface area contributed by atoms with Gasteiger partial charge in [0.1, 0.15) is 12.0 Å². The predicted octanol–water partition coefficient (Wildman–Crippen LogP) is 3.00. The number of morpholine rings is 1. The average Bonchev–Trinajstić information content (AvgIpc) is 2.63. The Morgan fingerprint density at radius 3 is 2.48 bits per heavy atom. The Kier molecular flexibility index (Phi) is 5.02. The summed E-state index contributed by atoms with van der Waals surface area (Å²) in [6.07, 6.45) is 11.2. The maximum Gasteiger partial charge on any atom is 0.142 e. The summed E-state index contributed by atoms with van der Waals surface area (Å²) in [7, 11) is 0. The highest BCUT2D eigenvalue weighted by molar-refractivity contribution is 5.82. The van der Waals surface area contributed by atoms with Gasteiger partial charge in [0.25, 0.3) is 0 Å². The van der Waals surface area contributed by atoms with Crippen LogP contribution in [0.15, 0.2) is 0 Å². The van der Waals surface area contributed by atoms with Crippen LogP contribution in [0.5, 0.6) is 0 Å². The standard InChI is InChI=1S/C19H31NO3/c21-17-13-18(20-9-11-22-12-10-20)23-19-15(7-4-8-16(17)19)14-5-2-1-3-6-14/h14-16,18-19H,1-13H2. The fourth-order valence-corrected chi connectivity index (χ4v) is 5.44. The Labute approximate surface area is 139 Å². The fourth-order valence-electron chi connectivity index (χ4n) is 5.44. The fraction of sp³-hybridized carbons (Fsp3) is 0.947. The topological polar surface area (TPSA) is 38.8 Å². The first kappa shape index (κ1) is 16.0. The van der Waals surface area contributed by atoms with Gasteiger partial charge < -0.3 is 9.47 Å². The van der Waals surface area contributed by atoms with Gasteiger partial charge in [-0.25, -0.2) is 0 Å². The Balaban J connectivity index is 1.48. The van der Waals surface area contributed by atoms with Crippen molar-refractivity contribution >= 4 is 5.78 Å². The number of ether oxygens (including phenoxy) is 2. The van der Waals surface area contributed by atoms with Gasteiger partial charge in [-0.3, -0.25) is 9.69 Å². The van der Waals surface area contributed by atoms with E-state index in [0.29, 0.717) is 18.1 Å². The number of carbonyl (C=O) groups excluding carboxylic acids is 1. The van der Waals surface area contributed by atoms with E-state index in [4.69, 9.17) is 9.47 Å². The zero-order valence-corrected chi connectivity index (χ0v) is 14.3. The second-order valence-electron chi connectivity index (χ2n) is 7.97. The molecule has 2 saturated heterocycles. The van der Waals surface area contributed by atoms with Gasteiger partial charge in [0.05, 0.1) is 19.3 Å². The summed E-state index contributed by atoms with van der Waals surface area (Å²) in [6, 6.07) is 0. The van der Waals surface area contributed by atoms with Crippen LogP contribution in [0.2, 0.25) is 0 Å². The van der Waals surface area contributed by atoms with Crippen molar-refractivity contribution < 1.29 is 14.3 Å². The van der Waals surface area contributed by atoms with Crippen LogP contribution >= 0.6 is 0 Å². The Morgan fingerprint density at radius 2 is 1.70 bits per heavy atom. The highest BCUT2D eigenvalue weighted by Crippen LogP contribution is 2.45. The Morgan fingerprint density at radius 1 is 0.913 bits per heavy atom. The van der Waals surface area contributed by atoms with Crippen LogP contribution in [0.3, 0.4) is 0 Å². The van der Waals surface area contributed by atoms with E-state index in [9.17, 15) is 4.79 Å². The number of hydrogen-bond acceptors (Lipinski definition) is 4. The number of carbonyl (C=O) groups is 1. The minimum absolute atomic E-state index is 0.0110. The van der Waals surface area contributed by atoms with Gasteiger partial charge in [-0.05, 0) is 24.7 Å². The SMILES string of the molecule is O=C1CC(N2CCOCC2)OC2C1CCCC2C1CCCCC1. The zero-order valence-electron chi connectivity index (χ0n) is 14.3. The van der Waals surface area contributed by atoms with Crippen LogP contribution in [-0.2, 0) is 14.3 Å². The van der Waals surface area contributed by atoms with E-state index in [0.717, 1.165) is 38.6 Å². The molecule has 0 bridgehead atoms. The van der Waals surface area contributed by atoms with Crippen molar-refractivity contribution in [2.75, 3.05) is 26.3 Å². The number of Topliss-reactive ketones (excluding diaryl/α,β-unsaturated/α-hetero) is 1. The molecular formula is C19H31NO3. The van der Waals surface area contributed by atoms with Gasteiger partial charge in [0, 0.05) is 25.4 Å². The highest BCUT2D eigenvalue weighted by atomic mass is 16.5. The Hall–Kier alpha value is -0.450. The smallest absolute Gasteiger partial charge is 0.142 e. The van der Waals surface area contributed by atoms with Crippen molar-refractivity contribution in [1.29, 1.82) is 0 Å². The van der Waals surface area contributed by atoms with Crippen molar-refractivity contribution in [2.24, 2.45) is 17.8 Å². The zero-order chi connectivity index (χ0) is 15.6. The van der Waals surface area contributed by atoms with Crippen molar-refractivity contribution in [3.05, 3.63) is 0 Å². The van der Waals surface area contributed by atoms with Crippen molar-refractivity contribution in [1.82, 2.24) is 4.90 Å². The summed E-state index contributed by atoms with van der Waals surface area (Å²) in [5, 5.41) is 0. The first-order valence-electron chi connectivity index (χ1n) is 9.83. The van der Waals surface area contributed by atoms with Gasteiger partial charge in [-0.2, -0.15) is 0 Å². The molecule has 130 valence electrons. The van der Waals surface area contributed by atoms with Crippen LogP contribution in [0.4, 0.5) is 0 Å². The summed E-state index contributed by atoms with van der Waals surface area (Å²) in [6.45, 7) is 3.36. The van der Waals surface area contributed by atoms with E-state index in [2.05, 4.69) is 4.90 Å². The summed E-state index contributed by atoms with van der Waals surface area (Å²) < 4.78 is 12.1. The van der Waals surface area contributed by atoms with Gasteiger partial charge >= 0.3 is 0 Å². The molecule has 23 heavy (non-hydrogen) atoms. The van der Waals surface area contributed by atoms with E-state index in [1.165, 1.54) is 44.9 Å². The Bertz CT molecular complexity index is 415. The third kappa shape index (κ3) is 3.35. The normalized spacial score (nSPS) is 40.8. The largest absolute Gasteiger partial charge is 0.379 e. The molecule has 2 heterocycles. The molecule has 2 aliphatic carbocycles. The number of ketones is 1. The quantitative estimate of drug-likeness (QED) is 0.784. The van der Waals surface area contributed by atoms with E-state index >= 15 is 0 Å². The molecule has 4 fully saturated rings. The molecule has 0 aromatic rings. The summed E-state index contributed by atoms with van der Waals surface area (Å²) >= 11 is 0. The van der Waals surface area contributed by atoms with E-state index in [1.807, 2.05) is 0 Å². The molecule has 0 amide bonds. The van der Waals surface area contributed by atoms with E-state index in [-0.39, 0.29) is 18.2 Å². The number of hydrogen-bond donors (Lipinski definition) is 0. The number of rotatable bonds is 2.